The van der Waals surface area contributed by atoms with Crippen molar-refractivity contribution in [1.29, 1.82) is 0 Å². The van der Waals surface area contributed by atoms with Crippen molar-refractivity contribution in [3.05, 3.63) is 23.9 Å². The van der Waals surface area contributed by atoms with Gasteiger partial charge in [-0.25, -0.2) is 4.98 Å². The lowest BCUT2D eigenvalue weighted by Gasteiger charge is -2.07. The highest BCUT2D eigenvalue weighted by molar-refractivity contribution is 5.18. The van der Waals surface area contributed by atoms with Crippen LogP contribution in [0.25, 0.3) is 0 Å². The molecular formula is C11H16N2O. The minimum Gasteiger partial charge on any atom is -0.481 e. The van der Waals surface area contributed by atoms with Crippen molar-refractivity contribution in [2.24, 2.45) is 5.92 Å². The van der Waals surface area contributed by atoms with Gasteiger partial charge < -0.3 is 10.1 Å². The predicted molar refractivity (Wildman–Crippen MR) is 55.5 cm³/mol. The summed E-state index contributed by atoms with van der Waals surface area (Å²) in [6, 6.07) is 4.03. The SMILES string of the molecule is COc1ccc(CC2CCNC2)cn1. The molecule has 0 amide bonds. The van der Waals surface area contributed by atoms with Crippen LogP contribution in [-0.4, -0.2) is 25.2 Å². The Balaban J connectivity index is 1.95. The molecule has 14 heavy (non-hydrogen) atoms. The summed E-state index contributed by atoms with van der Waals surface area (Å²) in [4.78, 5) is 4.20. The molecule has 1 aliphatic heterocycles. The lowest BCUT2D eigenvalue weighted by atomic mass is 10.0. The Morgan fingerprint density at radius 3 is 3.07 bits per heavy atom. The summed E-state index contributed by atoms with van der Waals surface area (Å²) in [6.07, 6.45) is 4.33. The Morgan fingerprint density at radius 1 is 1.57 bits per heavy atom. The molecule has 1 N–H and O–H groups in total. The van der Waals surface area contributed by atoms with E-state index < -0.39 is 0 Å². The van der Waals surface area contributed by atoms with Gasteiger partial charge in [-0.15, -0.1) is 0 Å². The second-order valence-electron chi connectivity index (χ2n) is 3.77. The van der Waals surface area contributed by atoms with Crippen LogP contribution in [0.1, 0.15) is 12.0 Å². The summed E-state index contributed by atoms with van der Waals surface area (Å²) in [5, 5.41) is 3.37. The first-order valence-corrected chi connectivity index (χ1v) is 5.08. The van der Waals surface area contributed by atoms with Gasteiger partial charge in [-0.1, -0.05) is 6.07 Å². The first-order chi connectivity index (χ1) is 6.88. The van der Waals surface area contributed by atoms with Crippen molar-refractivity contribution in [2.75, 3.05) is 20.2 Å². The number of ether oxygens (including phenoxy) is 1. The van der Waals surface area contributed by atoms with Crippen molar-refractivity contribution in [3.8, 4) is 5.88 Å². The number of methoxy groups -OCH3 is 1. The zero-order valence-electron chi connectivity index (χ0n) is 8.49. The maximum Gasteiger partial charge on any atom is 0.212 e. The predicted octanol–water partition coefficient (Wildman–Crippen LogP) is 1.24. The quantitative estimate of drug-likeness (QED) is 0.782. The summed E-state index contributed by atoms with van der Waals surface area (Å²) < 4.78 is 5.02. The second kappa shape index (κ2) is 4.42. The maximum absolute atomic E-state index is 5.02. The van der Waals surface area contributed by atoms with Crippen LogP contribution < -0.4 is 10.1 Å². The van der Waals surface area contributed by atoms with Crippen molar-refractivity contribution < 1.29 is 4.74 Å². The van der Waals surface area contributed by atoms with Crippen LogP contribution in [-0.2, 0) is 6.42 Å². The fourth-order valence-corrected chi connectivity index (χ4v) is 1.87. The van der Waals surface area contributed by atoms with Crippen LogP contribution >= 0.6 is 0 Å². The molecule has 3 heteroatoms. The van der Waals surface area contributed by atoms with Gasteiger partial charge in [0.15, 0.2) is 0 Å². The van der Waals surface area contributed by atoms with Gasteiger partial charge in [0.25, 0.3) is 0 Å². The highest BCUT2D eigenvalue weighted by Gasteiger charge is 2.14. The number of hydrogen-bond acceptors (Lipinski definition) is 3. The minimum absolute atomic E-state index is 0.693. The molecule has 1 aromatic heterocycles. The van der Waals surface area contributed by atoms with Crippen molar-refractivity contribution in [3.63, 3.8) is 0 Å². The molecule has 2 rings (SSSR count). The van der Waals surface area contributed by atoms with Crippen LogP contribution in [0.5, 0.6) is 5.88 Å². The van der Waals surface area contributed by atoms with Gasteiger partial charge in [0.05, 0.1) is 7.11 Å². The Bertz CT molecular complexity index is 278. The lowest BCUT2D eigenvalue weighted by Crippen LogP contribution is -2.10. The van der Waals surface area contributed by atoms with E-state index in [4.69, 9.17) is 4.74 Å². The first kappa shape index (κ1) is 9.46. The normalized spacial score (nSPS) is 21.1. The molecule has 0 bridgehead atoms. The number of rotatable bonds is 3. The molecule has 0 aromatic carbocycles. The van der Waals surface area contributed by atoms with E-state index in [-0.39, 0.29) is 0 Å². The lowest BCUT2D eigenvalue weighted by molar-refractivity contribution is 0.397. The molecule has 0 saturated carbocycles. The van der Waals surface area contributed by atoms with E-state index in [1.54, 1.807) is 7.11 Å². The van der Waals surface area contributed by atoms with Gasteiger partial charge in [0.1, 0.15) is 0 Å². The van der Waals surface area contributed by atoms with Crippen molar-refractivity contribution >= 4 is 0 Å². The number of hydrogen-bond donors (Lipinski definition) is 1. The molecule has 1 unspecified atom stereocenters. The highest BCUT2D eigenvalue weighted by Crippen LogP contribution is 2.15. The van der Waals surface area contributed by atoms with E-state index in [0.29, 0.717) is 5.88 Å². The third-order valence-electron chi connectivity index (χ3n) is 2.69. The van der Waals surface area contributed by atoms with Gasteiger partial charge >= 0.3 is 0 Å². The average molecular weight is 192 g/mol. The van der Waals surface area contributed by atoms with E-state index in [1.807, 2.05) is 12.3 Å². The van der Waals surface area contributed by atoms with E-state index in [0.717, 1.165) is 25.4 Å². The Kier molecular flexibility index (Phi) is 2.99. The zero-order chi connectivity index (χ0) is 9.80. The third-order valence-corrected chi connectivity index (χ3v) is 2.69. The molecule has 1 aliphatic rings. The molecule has 1 atom stereocenters. The number of nitrogens with zero attached hydrogens (tertiary/aromatic N) is 1. The van der Waals surface area contributed by atoms with Gasteiger partial charge in [0.2, 0.25) is 5.88 Å². The summed E-state index contributed by atoms with van der Waals surface area (Å²) in [7, 11) is 1.64. The second-order valence-corrected chi connectivity index (χ2v) is 3.77. The molecule has 1 aromatic rings. The van der Waals surface area contributed by atoms with E-state index in [1.165, 1.54) is 12.0 Å². The summed E-state index contributed by atoms with van der Waals surface area (Å²) in [5.74, 6) is 1.48. The number of aromatic nitrogens is 1. The highest BCUT2D eigenvalue weighted by atomic mass is 16.5. The Morgan fingerprint density at radius 2 is 2.50 bits per heavy atom. The monoisotopic (exact) mass is 192 g/mol. The molecule has 1 fully saturated rings. The Labute approximate surface area is 84.5 Å². The first-order valence-electron chi connectivity index (χ1n) is 5.08. The summed E-state index contributed by atoms with van der Waals surface area (Å²) in [6.45, 7) is 2.31. The molecule has 0 spiro atoms. The minimum atomic E-state index is 0.693. The number of nitrogens with one attached hydrogen (secondary N) is 1. The molecular weight excluding hydrogens is 176 g/mol. The number of pyridine rings is 1. The van der Waals surface area contributed by atoms with Crippen LogP contribution in [0.2, 0.25) is 0 Å². The van der Waals surface area contributed by atoms with E-state index >= 15 is 0 Å². The smallest absolute Gasteiger partial charge is 0.212 e. The molecule has 2 heterocycles. The molecule has 1 saturated heterocycles. The summed E-state index contributed by atoms with van der Waals surface area (Å²) >= 11 is 0. The topological polar surface area (TPSA) is 34.1 Å². The molecule has 0 aliphatic carbocycles. The van der Waals surface area contributed by atoms with E-state index in [9.17, 15) is 0 Å². The van der Waals surface area contributed by atoms with Crippen molar-refractivity contribution in [1.82, 2.24) is 10.3 Å². The summed E-state index contributed by atoms with van der Waals surface area (Å²) in [5.41, 5.74) is 1.31. The van der Waals surface area contributed by atoms with E-state index in [2.05, 4.69) is 16.4 Å². The maximum atomic E-state index is 5.02. The standard InChI is InChI=1S/C11H16N2O/c1-14-11-3-2-9(8-13-11)6-10-4-5-12-7-10/h2-3,8,10,12H,4-7H2,1H3. The van der Waals surface area contributed by atoms with Gasteiger partial charge in [-0.3, -0.25) is 0 Å². The third kappa shape index (κ3) is 2.23. The molecule has 76 valence electrons. The fraction of sp³-hybridized carbons (Fsp3) is 0.545. The van der Waals surface area contributed by atoms with Gasteiger partial charge in [0, 0.05) is 12.3 Å². The van der Waals surface area contributed by atoms with Crippen LogP contribution in [0.3, 0.4) is 0 Å². The fourth-order valence-electron chi connectivity index (χ4n) is 1.87. The van der Waals surface area contributed by atoms with Crippen LogP contribution in [0.4, 0.5) is 0 Å². The van der Waals surface area contributed by atoms with Gasteiger partial charge in [-0.05, 0) is 37.4 Å². The Hall–Kier alpha value is -1.09. The van der Waals surface area contributed by atoms with Crippen LogP contribution in [0.15, 0.2) is 18.3 Å². The van der Waals surface area contributed by atoms with Crippen LogP contribution in [0, 0.1) is 5.92 Å². The molecule has 3 nitrogen and oxygen atoms in total. The zero-order valence-corrected chi connectivity index (χ0v) is 8.49. The van der Waals surface area contributed by atoms with Gasteiger partial charge in [-0.2, -0.15) is 0 Å². The average Bonchev–Trinajstić information content (AvgIpc) is 2.72. The van der Waals surface area contributed by atoms with Crippen molar-refractivity contribution in [2.45, 2.75) is 12.8 Å². The molecule has 0 radical (unpaired) electrons. The largest absolute Gasteiger partial charge is 0.481 e.